The van der Waals surface area contributed by atoms with Crippen LogP contribution in [-0.2, 0) is 6.42 Å². The molecule has 4 rings (SSSR count). The van der Waals surface area contributed by atoms with E-state index in [4.69, 9.17) is 0 Å². The molecular weight excluding hydrogens is 210 g/mol. The van der Waals surface area contributed by atoms with Crippen molar-refractivity contribution in [3.8, 4) is 0 Å². The van der Waals surface area contributed by atoms with Crippen molar-refractivity contribution >= 4 is 0 Å². The molecule has 0 aromatic carbocycles. The van der Waals surface area contributed by atoms with Gasteiger partial charge in [-0.1, -0.05) is 0 Å². The third kappa shape index (κ3) is 1.65. The molecule has 0 spiro atoms. The lowest BCUT2D eigenvalue weighted by Crippen LogP contribution is -2.18. The zero-order valence-corrected chi connectivity index (χ0v) is 10.3. The molecule has 17 heavy (non-hydrogen) atoms. The second-order valence-electron chi connectivity index (χ2n) is 6.20. The zero-order chi connectivity index (χ0) is 11.4. The highest BCUT2D eigenvalue weighted by molar-refractivity contribution is 5.28. The second kappa shape index (κ2) is 3.61. The Balaban J connectivity index is 1.72. The highest BCUT2D eigenvalue weighted by Gasteiger charge is 2.43. The lowest BCUT2D eigenvalue weighted by molar-refractivity contribution is 0.155. The highest BCUT2D eigenvalue weighted by Crippen LogP contribution is 2.53. The van der Waals surface area contributed by atoms with E-state index in [9.17, 15) is 5.11 Å². The van der Waals surface area contributed by atoms with Crippen molar-refractivity contribution < 1.29 is 5.11 Å². The van der Waals surface area contributed by atoms with E-state index in [-0.39, 0.29) is 6.10 Å². The van der Waals surface area contributed by atoms with Gasteiger partial charge >= 0.3 is 0 Å². The van der Waals surface area contributed by atoms with Gasteiger partial charge in [0.05, 0.1) is 6.10 Å². The van der Waals surface area contributed by atoms with Gasteiger partial charge in [-0.05, 0) is 62.8 Å². The normalized spacial score (nSPS) is 28.5. The van der Waals surface area contributed by atoms with Crippen LogP contribution in [-0.4, -0.2) is 9.67 Å². The van der Waals surface area contributed by atoms with Crippen LogP contribution in [0.4, 0.5) is 0 Å². The summed E-state index contributed by atoms with van der Waals surface area (Å²) in [4.78, 5) is 0. The number of fused-ring (bicyclic) bond motifs is 1. The van der Waals surface area contributed by atoms with E-state index in [1.807, 2.05) is 0 Å². The molecule has 3 aliphatic carbocycles. The molecule has 1 N–H and O–H groups in total. The number of aromatic nitrogens is 1. The summed E-state index contributed by atoms with van der Waals surface area (Å²) < 4.78 is 2.55. The monoisotopic (exact) mass is 231 g/mol. The minimum Gasteiger partial charge on any atom is -0.388 e. The van der Waals surface area contributed by atoms with E-state index < -0.39 is 0 Å². The fourth-order valence-electron chi connectivity index (χ4n) is 3.69. The fraction of sp³-hybridized carbons (Fsp3) is 0.733. The summed E-state index contributed by atoms with van der Waals surface area (Å²) >= 11 is 0. The highest BCUT2D eigenvalue weighted by atomic mass is 16.3. The van der Waals surface area contributed by atoms with E-state index in [2.05, 4.69) is 16.8 Å². The Kier molecular flexibility index (Phi) is 2.17. The maximum Gasteiger partial charge on any atom is 0.0807 e. The molecular formula is C15H21NO. The summed E-state index contributed by atoms with van der Waals surface area (Å²) in [7, 11) is 0. The van der Waals surface area contributed by atoms with Gasteiger partial charge in [0.1, 0.15) is 0 Å². The van der Waals surface area contributed by atoms with Crippen LogP contribution in [0.15, 0.2) is 12.3 Å². The number of aliphatic hydroxyl groups is 1. The van der Waals surface area contributed by atoms with E-state index in [1.54, 1.807) is 0 Å². The van der Waals surface area contributed by atoms with Crippen LogP contribution < -0.4 is 0 Å². The van der Waals surface area contributed by atoms with E-state index in [1.165, 1.54) is 43.4 Å². The van der Waals surface area contributed by atoms with Gasteiger partial charge in [0.15, 0.2) is 0 Å². The molecule has 92 valence electrons. The molecule has 0 radical (unpaired) electrons. The quantitative estimate of drug-likeness (QED) is 0.849. The fourth-order valence-corrected chi connectivity index (χ4v) is 3.69. The predicted octanol–water partition coefficient (Wildman–Crippen LogP) is 3.22. The zero-order valence-electron chi connectivity index (χ0n) is 10.3. The molecule has 0 saturated heterocycles. The smallest absolute Gasteiger partial charge is 0.0807 e. The lowest BCUT2D eigenvalue weighted by atomic mass is 9.94. The molecule has 3 aliphatic rings. The Morgan fingerprint density at radius 3 is 2.47 bits per heavy atom. The Morgan fingerprint density at radius 2 is 1.82 bits per heavy atom. The Labute approximate surface area is 103 Å². The predicted molar refractivity (Wildman–Crippen MR) is 66.8 cm³/mol. The summed E-state index contributed by atoms with van der Waals surface area (Å²) in [6.07, 6.45) is 11.1. The SMILES string of the molecule is OC1CCCc2c1ccn2C(C1CC1)C1CC1. The summed E-state index contributed by atoms with van der Waals surface area (Å²) in [5.74, 6) is 1.89. The molecule has 2 saturated carbocycles. The molecule has 0 bridgehead atoms. The average Bonchev–Trinajstić information content (AvgIpc) is 3.20. The van der Waals surface area contributed by atoms with Gasteiger partial charge in [0.25, 0.3) is 0 Å². The number of nitrogens with zero attached hydrogens (tertiary/aromatic N) is 1. The van der Waals surface area contributed by atoms with Crippen LogP contribution in [0.1, 0.15) is 61.9 Å². The summed E-state index contributed by atoms with van der Waals surface area (Å²) in [5, 5.41) is 10.1. The third-order valence-electron chi connectivity index (χ3n) is 4.84. The molecule has 1 unspecified atom stereocenters. The van der Waals surface area contributed by atoms with Crippen molar-refractivity contribution in [3.63, 3.8) is 0 Å². The van der Waals surface area contributed by atoms with Gasteiger partial charge in [0, 0.05) is 23.5 Å². The molecule has 1 aromatic rings. The van der Waals surface area contributed by atoms with E-state index in [0.717, 1.165) is 30.7 Å². The van der Waals surface area contributed by atoms with Gasteiger partial charge < -0.3 is 9.67 Å². The first kappa shape index (κ1) is 10.2. The third-order valence-corrected chi connectivity index (χ3v) is 4.84. The minimum absolute atomic E-state index is 0.195. The van der Waals surface area contributed by atoms with Crippen LogP contribution in [0.5, 0.6) is 0 Å². The number of rotatable bonds is 3. The Hall–Kier alpha value is -0.760. The van der Waals surface area contributed by atoms with Gasteiger partial charge in [-0.2, -0.15) is 0 Å². The number of aliphatic hydroxyl groups excluding tert-OH is 1. The van der Waals surface area contributed by atoms with Gasteiger partial charge in [-0.15, -0.1) is 0 Å². The summed E-state index contributed by atoms with van der Waals surface area (Å²) in [5.41, 5.74) is 2.68. The molecule has 2 fully saturated rings. The molecule has 0 aliphatic heterocycles. The first-order chi connectivity index (χ1) is 8.34. The van der Waals surface area contributed by atoms with Gasteiger partial charge in [-0.25, -0.2) is 0 Å². The molecule has 2 nitrogen and oxygen atoms in total. The van der Waals surface area contributed by atoms with Gasteiger partial charge in [0.2, 0.25) is 0 Å². The van der Waals surface area contributed by atoms with Crippen molar-refractivity contribution in [3.05, 3.63) is 23.5 Å². The molecule has 1 heterocycles. The molecule has 2 heteroatoms. The Morgan fingerprint density at radius 1 is 1.12 bits per heavy atom. The van der Waals surface area contributed by atoms with Crippen LogP contribution in [0.25, 0.3) is 0 Å². The van der Waals surface area contributed by atoms with Crippen molar-refractivity contribution in [1.82, 2.24) is 4.57 Å². The van der Waals surface area contributed by atoms with E-state index in [0.29, 0.717) is 0 Å². The van der Waals surface area contributed by atoms with Gasteiger partial charge in [-0.3, -0.25) is 0 Å². The van der Waals surface area contributed by atoms with Crippen LogP contribution in [0.3, 0.4) is 0 Å². The summed E-state index contributed by atoms with van der Waals surface area (Å²) in [6.45, 7) is 0. The standard InChI is InChI=1S/C15H21NO/c17-14-3-1-2-13-12(14)8-9-16(13)15(10-4-5-10)11-6-7-11/h8-11,14-15,17H,1-7H2. The minimum atomic E-state index is -0.195. The first-order valence-corrected chi connectivity index (χ1v) is 7.22. The Bertz CT molecular complexity index is 416. The number of hydrogen-bond acceptors (Lipinski definition) is 1. The van der Waals surface area contributed by atoms with E-state index >= 15 is 0 Å². The van der Waals surface area contributed by atoms with Crippen molar-refractivity contribution in [2.75, 3.05) is 0 Å². The maximum absolute atomic E-state index is 10.1. The maximum atomic E-state index is 10.1. The van der Waals surface area contributed by atoms with Crippen molar-refractivity contribution in [2.24, 2.45) is 11.8 Å². The first-order valence-electron chi connectivity index (χ1n) is 7.22. The topological polar surface area (TPSA) is 25.2 Å². The van der Waals surface area contributed by atoms with Crippen molar-refractivity contribution in [1.29, 1.82) is 0 Å². The number of hydrogen-bond donors (Lipinski definition) is 1. The van der Waals surface area contributed by atoms with Crippen molar-refractivity contribution in [2.45, 2.75) is 57.1 Å². The second-order valence-corrected chi connectivity index (χ2v) is 6.20. The molecule has 1 atom stereocenters. The lowest BCUT2D eigenvalue weighted by Gasteiger charge is -2.25. The largest absolute Gasteiger partial charge is 0.388 e. The van der Waals surface area contributed by atoms with Crippen LogP contribution in [0.2, 0.25) is 0 Å². The molecule has 1 aromatic heterocycles. The summed E-state index contributed by atoms with van der Waals surface area (Å²) in [6, 6.07) is 2.95. The van der Waals surface area contributed by atoms with Crippen LogP contribution in [0, 0.1) is 11.8 Å². The average molecular weight is 231 g/mol. The van der Waals surface area contributed by atoms with Crippen LogP contribution >= 0.6 is 0 Å². The molecule has 0 amide bonds.